The number of benzene rings is 3. The molecule has 3 aromatic rings. The Labute approximate surface area is 191 Å². The van der Waals surface area contributed by atoms with E-state index in [0.29, 0.717) is 11.6 Å². The largest absolute Gasteiger partial charge is 0.370 e. The van der Waals surface area contributed by atoms with E-state index in [1.165, 1.54) is 23.2 Å². The van der Waals surface area contributed by atoms with Crippen LogP contribution in [0.2, 0.25) is 0 Å². The molecular weight excluding hydrogens is 394 g/mol. The second kappa shape index (κ2) is 10.0. The van der Waals surface area contributed by atoms with Gasteiger partial charge in [0.05, 0.1) is 0 Å². The summed E-state index contributed by atoms with van der Waals surface area (Å²) < 4.78 is 0. The standard InChI is InChI=1S/C28H33N3O/c1-4-5-21-6-8-22(9-7-21)23-10-12-24(13-11-23)28(32)29-25-14-16-26(17-15-25)31-19-18-27(20-31)30(2)3/h6-17,27H,4-5,18-20H2,1-3H3,(H,29,32). The van der Waals surface area contributed by atoms with E-state index in [2.05, 4.69) is 72.5 Å². The fourth-order valence-corrected chi connectivity index (χ4v) is 4.32. The molecule has 0 aromatic heterocycles. The van der Waals surface area contributed by atoms with Crippen LogP contribution in [-0.2, 0) is 6.42 Å². The van der Waals surface area contributed by atoms with Crippen molar-refractivity contribution in [3.8, 4) is 11.1 Å². The van der Waals surface area contributed by atoms with E-state index in [1.807, 2.05) is 36.4 Å². The summed E-state index contributed by atoms with van der Waals surface area (Å²) in [5, 5.41) is 3.02. The lowest BCUT2D eigenvalue weighted by Crippen LogP contribution is -2.31. The summed E-state index contributed by atoms with van der Waals surface area (Å²) in [5.74, 6) is -0.0866. The van der Waals surface area contributed by atoms with Crippen LogP contribution >= 0.6 is 0 Å². The maximum atomic E-state index is 12.7. The quantitative estimate of drug-likeness (QED) is 0.525. The molecular formula is C28H33N3O. The molecule has 166 valence electrons. The number of aryl methyl sites for hydroxylation is 1. The molecule has 1 atom stereocenters. The van der Waals surface area contributed by atoms with Gasteiger partial charge in [-0.05, 0) is 80.0 Å². The molecule has 1 aliphatic heterocycles. The number of rotatable bonds is 7. The average molecular weight is 428 g/mol. The van der Waals surface area contributed by atoms with Crippen molar-refractivity contribution in [3.63, 3.8) is 0 Å². The molecule has 0 saturated carbocycles. The highest BCUT2D eigenvalue weighted by molar-refractivity contribution is 6.04. The Morgan fingerprint density at radius 3 is 2.12 bits per heavy atom. The number of likely N-dealkylation sites (N-methyl/N-ethyl adjacent to an activating group) is 1. The summed E-state index contributed by atoms with van der Waals surface area (Å²) in [5.41, 5.74) is 6.34. The van der Waals surface area contributed by atoms with E-state index < -0.39 is 0 Å². The van der Waals surface area contributed by atoms with Crippen molar-refractivity contribution >= 4 is 17.3 Å². The molecule has 1 fully saturated rings. The third-order valence-electron chi connectivity index (χ3n) is 6.36. The molecule has 1 aliphatic rings. The SMILES string of the molecule is CCCc1ccc(-c2ccc(C(=O)Nc3ccc(N4CCC(N(C)C)C4)cc3)cc2)cc1. The van der Waals surface area contributed by atoms with Gasteiger partial charge in [-0.25, -0.2) is 0 Å². The summed E-state index contributed by atoms with van der Waals surface area (Å²) in [6.45, 7) is 4.31. The molecule has 0 bridgehead atoms. The van der Waals surface area contributed by atoms with Gasteiger partial charge < -0.3 is 15.1 Å². The Morgan fingerprint density at radius 1 is 0.938 bits per heavy atom. The molecule has 4 heteroatoms. The lowest BCUT2D eigenvalue weighted by Gasteiger charge is -2.22. The number of nitrogens with zero attached hydrogens (tertiary/aromatic N) is 2. The van der Waals surface area contributed by atoms with Gasteiger partial charge in [0.1, 0.15) is 0 Å². The topological polar surface area (TPSA) is 35.6 Å². The van der Waals surface area contributed by atoms with Gasteiger partial charge in [0.2, 0.25) is 0 Å². The van der Waals surface area contributed by atoms with Crippen LogP contribution in [0.1, 0.15) is 35.7 Å². The predicted octanol–water partition coefficient (Wildman–Crippen LogP) is 5.70. The molecule has 32 heavy (non-hydrogen) atoms. The zero-order valence-electron chi connectivity index (χ0n) is 19.3. The van der Waals surface area contributed by atoms with Gasteiger partial charge >= 0.3 is 0 Å². The molecule has 0 spiro atoms. The first-order valence-corrected chi connectivity index (χ1v) is 11.6. The third kappa shape index (κ3) is 5.20. The Kier molecular flexibility index (Phi) is 6.91. The number of carbonyl (C=O) groups excluding carboxylic acids is 1. The maximum Gasteiger partial charge on any atom is 0.255 e. The Morgan fingerprint density at radius 2 is 1.56 bits per heavy atom. The van der Waals surface area contributed by atoms with Crippen molar-refractivity contribution in [3.05, 3.63) is 83.9 Å². The number of hydrogen-bond acceptors (Lipinski definition) is 3. The average Bonchev–Trinajstić information content (AvgIpc) is 3.31. The minimum Gasteiger partial charge on any atom is -0.370 e. The van der Waals surface area contributed by atoms with Gasteiger partial charge in [0, 0.05) is 36.1 Å². The molecule has 0 radical (unpaired) electrons. The van der Waals surface area contributed by atoms with Gasteiger partial charge in [-0.15, -0.1) is 0 Å². The van der Waals surface area contributed by atoms with Gasteiger partial charge in [0.15, 0.2) is 0 Å². The van der Waals surface area contributed by atoms with E-state index >= 15 is 0 Å². The molecule has 1 unspecified atom stereocenters. The Bertz CT molecular complexity index is 1020. The number of amides is 1. The molecule has 3 aromatic carbocycles. The zero-order chi connectivity index (χ0) is 22.5. The van der Waals surface area contributed by atoms with E-state index in [4.69, 9.17) is 0 Å². The van der Waals surface area contributed by atoms with E-state index in [0.717, 1.165) is 37.2 Å². The van der Waals surface area contributed by atoms with Crippen molar-refractivity contribution in [2.24, 2.45) is 0 Å². The van der Waals surface area contributed by atoms with Crippen LogP contribution in [0.5, 0.6) is 0 Å². The number of hydrogen-bond donors (Lipinski definition) is 1. The minimum absolute atomic E-state index is 0.0866. The highest BCUT2D eigenvalue weighted by Gasteiger charge is 2.23. The first-order valence-electron chi connectivity index (χ1n) is 11.6. The fraction of sp³-hybridized carbons (Fsp3) is 0.321. The maximum absolute atomic E-state index is 12.7. The van der Waals surface area contributed by atoms with Gasteiger partial charge in [-0.1, -0.05) is 49.7 Å². The summed E-state index contributed by atoms with van der Waals surface area (Å²) in [4.78, 5) is 17.4. The lowest BCUT2D eigenvalue weighted by atomic mass is 10.0. The number of anilines is 2. The van der Waals surface area contributed by atoms with Crippen molar-refractivity contribution in [1.29, 1.82) is 0 Å². The zero-order valence-corrected chi connectivity index (χ0v) is 19.3. The smallest absolute Gasteiger partial charge is 0.255 e. The molecule has 1 N–H and O–H groups in total. The van der Waals surface area contributed by atoms with E-state index in [9.17, 15) is 4.79 Å². The summed E-state index contributed by atoms with van der Waals surface area (Å²) in [6.07, 6.45) is 3.44. The van der Waals surface area contributed by atoms with Gasteiger partial charge in [-0.3, -0.25) is 4.79 Å². The second-order valence-corrected chi connectivity index (χ2v) is 8.88. The van der Waals surface area contributed by atoms with Crippen molar-refractivity contribution in [1.82, 2.24) is 4.90 Å². The van der Waals surface area contributed by atoms with Crippen LogP contribution in [0.3, 0.4) is 0 Å². The van der Waals surface area contributed by atoms with E-state index in [1.54, 1.807) is 0 Å². The second-order valence-electron chi connectivity index (χ2n) is 8.88. The van der Waals surface area contributed by atoms with E-state index in [-0.39, 0.29) is 5.91 Å². The first-order chi connectivity index (χ1) is 15.5. The van der Waals surface area contributed by atoms with Crippen LogP contribution < -0.4 is 10.2 Å². The normalized spacial score (nSPS) is 15.9. The highest BCUT2D eigenvalue weighted by atomic mass is 16.1. The van der Waals surface area contributed by atoms with Crippen LogP contribution in [-0.4, -0.2) is 44.0 Å². The summed E-state index contributed by atoms with van der Waals surface area (Å²) in [7, 11) is 4.28. The summed E-state index contributed by atoms with van der Waals surface area (Å²) in [6, 6.07) is 25.3. The van der Waals surface area contributed by atoms with Crippen LogP contribution in [0, 0.1) is 0 Å². The number of carbonyl (C=O) groups is 1. The van der Waals surface area contributed by atoms with Crippen LogP contribution in [0.4, 0.5) is 11.4 Å². The predicted molar refractivity (Wildman–Crippen MR) is 135 cm³/mol. The first kappa shape index (κ1) is 22.1. The molecule has 4 rings (SSSR count). The Balaban J connectivity index is 1.36. The molecule has 4 nitrogen and oxygen atoms in total. The minimum atomic E-state index is -0.0866. The van der Waals surface area contributed by atoms with Crippen LogP contribution in [0.15, 0.2) is 72.8 Å². The van der Waals surface area contributed by atoms with Crippen molar-refractivity contribution in [2.45, 2.75) is 32.2 Å². The van der Waals surface area contributed by atoms with Crippen molar-refractivity contribution in [2.75, 3.05) is 37.4 Å². The third-order valence-corrected chi connectivity index (χ3v) is 6.36. The van der Waals surface area contributed by atoms with Gasteiger partial charge in [0.25, 0.3) is 5.91 Å². The molecule has 1 amide bonds. The van der Waals surface area contributed by atoms with Crippen LogP contribution in [0.25, 0.3) is 11.1 Å². The summed E-state index contributed by atoms with van der Waals surface area (Å²) >= 11 is 0. The van der Waals surface area contributed by atoms with Crippen molar-refractivity contribution < 1.29 is 4.79 Å². The highest BCUT2D eigenvalue weighted by Crippen LogP contribution is 2.25. The monoisotopic (exact) mass is 427 g/mol. The molecule has 0 aliphatic carbocycles. The Hall–Kier alpha value is -3.11. The number of nitrogens with one attached hydrogen (secondary N) is 1. The molecule has 1 heterocycles. The fourth-order valence-electron chi connectivity index (χ4n) is 4.32. The van der Waals surface area contributed by atoms with Gasteiger partial charge in [-0.2, -0.15) is 0 Å². The lowest BCUT2D eigenvalue weighted by molar-refractivity contribution is 0.102. The molecule has 1 saturated heterocycles.